The molecule has 0 radical (unpaired) electrons. The second kappa shape index (κ2) is 10.9. The van der Waals surface area contributed by atoms with Crippen LogP contribution in [0.2, 0.25) is 5.02 Å². The van der Waals surface area contributed by atoms with Crippen LogP contribution in [0.3, 0.4) is 0 Å². The minimum Gasteiger partial charge on any atom is -0.490 e. The van der Waals surface area contributed by atoms with Crippen molar-refractivity contribution >= 4 is 35.2 Å². The molecule has 0 heterocycles. The monoisotopic (exact) mass is 421 g/mol. The first kappa shape index (κ1) is 22.0. The number of anilines is 1. The first-order chi connectivity index (χ1) is 13.9. The Morgan fingerprint density at radius 3 is 2.55 bits per heavy atom. The Kier molecular flexibility index (Phi) is 8.23. The van der Waals surface area contributed by atoms with E-state index in [0.717, 1.165) is 0 Å². The molecule has 0 unspecified atom stereocenters. The van der Waals surface area contributed by atoms with Crippen LogP contribution in [0.5, 0.6) is 11.5 Å². The fraction of sp³-hybridized carbons (Fsp3) is 0.263. The van der Waals surface area contributed by atoms with Gasteiger partial charge in [0, 0.05) is 12.1 Å². The Hall–Kier alpha value is -3.33. The zero-order chi connectivity index (χ0) is 21.2. The van der Waals surface area contributed by atoms with Gasteiger partial charge in [0.25, 0.3) is 5.69 Å². The van der Waals surface area contributed by atoms with Gasteiger partial charge in [0.15, 0.2) is 18.1 Å². The van der Waals surface area contributed by atoms with Crippen LogP contribution in [0.4, 0.5) is 11.4 Å². The van der Waals surface area contributed by atoms with Gasteiger partial charge in [-0.25, -0.2) is 4.79 Å². The molecule has 2 aromatic rings. The highest BCUT2D eigenvalue weighted by Gasteiger charge is 2.14. The first-order valence-corrected chi connectivity index (χ1v) is 9.10. The van der Waals surface area contributed by atoms with Crippen molar-refractivity contribution in [2.75, 3.05) is 25.2 Å². The van der Waals surface area contributed by atoms with E-state index in [0.29, 0.717) is 23.6 Å². The number of nitro groups is 1. The second-order valence-electron chi connectivity index (χ2n) is 5.53. The number of carbonyl (C=O) groups is 1. The normalized spacial score (nSPS) is 10.6. The van der Waals surface area contributed by atoms with Gasteiger partial charge in [0.1, 0.15) is 0 Å². The van der Waals surface area contributed by atoms with Gasteiger partial charge in [0.05, 0.1) is 35.1 Å². The maximum atomic E-state index is 11.5. The summed E-state index contributed by atoms with van der Waals surface area (Å²) >= 11 is 6.27. The van der Waals surface area contributed by atoms with E-state index in [1.807, 2.05) is 0 Å². The van der Waals surface area contributed by atoms with Gasteiger partial charge in [-0.3, -0.25) is 15.5 Å². The highest BCUT2D eigenvalue weighted by Crippen LogP contribution is 2.36. The maximum absolute atomic E-state index is 11.5. The fourth-order valence-corrected chi connectivity index (χ4v) is 2.51. The molecule has 0 aromatic heterocycles. The molecule has 0 aliphatic heterocycles. The Labute approximate surface area is 172 Å². The van der Waals surface area contributed by atoms with E-state index in [4.69, 9.17) is 25.8 Å². The van der Waals surface area contributed by atoms with Crippen LogP contribution in [0.1, 0.15) is 19.4 Å². The van der Waals surface area contributed by atoms with Gasteiger partial charge >= 0.3 is 5.97 Å². The van der Waals surface area contributed by atoms with E-state index in [2.05, 4.69) is 10.5 Å². The number of nitrogens with zero attached hydrogens (tertiary/aromatic N) is 2. The predicted octanol–water partition coefficient (Wildman–Crippen LogP) is 4.03. The van der Waals surface area contributed by atoms with E-state index >= 15 is 0 Å². The van der Waals surface area contributed by atoms with Crippen molar-refractivity contribution in [3.05, 3.63) is 57.1 Å². The Balaban J connectivity index is 2.11. The lowest BCUT2D eigenvalue weighted by Gasteiger charge is -2.14. The third kappa shape index (κ3) is 6.65. The van der Waals surface area contributed by atoms with Crippen molar-refractivity contribution in [1.29, 1.82) is 0 Å². The van der Waals surface area contributed by atoms with Crippen molar-refractivity contribution < 1.29 is 23.9 Å². The Morgan fingerprint density at radius 1 is 1.21 bits per heavy atom. The lowest BCUT2D eigenvalue weighted by atomic mass is 10.2. The topological polar surface area (TPSA) is 112 Å². The number of rotatable bonds is 10. The Bertz CT molecular complexity index is 886. The minimum absolute atomic E-state index is 0.00826. The molecule has 154 valence electrons. The molecular weight excluding hydrogens is 402 g/mol. The highest BCUT2D eigenvalue weighted by atomic mass is 35.5. The van der Waals surface area contributed by atoms with Gasteiger partial charge in [-0.2, -0.15) is 5.10 Å². The predicted molar refractivity (Wildman–Crippen MR) is 109 cm³/mol. The van der Waals surface area contributed by atoms with Gasteiger partial charge in [0.2, 0.25) is 0 Å². The van der Waals surface area contributed by atoms with Crippen molar-refractivity contribution in [2.24, 2.45) is 5.10 Å². The molecule has 0 aliphatic carbocycles. The van der Waals surface area contributed by atoms with Crippen LogP contribution in [0.15, 0.2) is 41.5 Å². The number of hydrogen-bond donors (Lipinski definition) is 1. The fourth-order valence-electron chi connectivity index (χ4n) is 2.24. The minimum atomic E-state index is -0.510. The summed E-state index contributed by atoms with van der Waals surface area (Å²) in [5.41, 5.74) is 3.96. The summed E-state index contributed by atoms with van der Waals surface area (Å²) in [5, 5.41) is 15.0. The Morgan fingerprint density at radius 2 is 1.93 bits per heavy atom. The molecule has 0 amide bonds. The molecule has 29 heavy (non-hydrogen) atoms. The smallest absolute Gasteiger partial charge is 0.344 e. The van der Waals surface area contributed by atoms with Gasteiger partial charge < -0.3 is 14.2 Å². The average molecular weight is 422 g/mol. The zero-order valence-corrected chi connectivity index (χ0v) is 16.6. The molecule has 0 fully saturated rings. The quantitative estimate of drug-likeness (QED) is 0.266. The number of hydrogen-bond acceptors (Lipinski definition) is 8. The van der Waals surface area contributed by atoms with Crippen molar-refractivity contribution in [2.45, 2.75) is 13.8 Å². The maximum Gasteiger partial charge on any atom is 0.344 e. The molecular formula is C19H20ClN3O6. The molecule has 0 spiro atoms. The molecule has 0 saturated carbocycles. The van der Waals surface area contributed by atoms with E-state index in [1.165, 1.54) is 18.3 Å². The molecule has 2 aromatic carbocycles. The molecule has 0 aliphatic rings. The number of halogens is 1. The van der Waals surface area contributed by atoms with Crippen molar-refractivity contribution in [3.63, 3.8) is 0 Å². The third-order valence-corrected chi connectivity index (χ3v) is 3.74. The van der Waals surface area contributed by atoms with E-state index < -0.39 is 10.9 Å². The number of ether oxygens (including phenoxy) is 3. The lowest BCUT2D eigenvalue weighted by molar-refractivity contribution is -0.384. The number of nitro benzene ring substituents is 1. The largest absolute Gasteiger partial charge is 0.490 e. The number of esters is 1. The molecule has 0 saturated heterocycles. The number of benzene rings is 2. The lowest BCUT2D eigenvalue weighted by Crippen LogP contribution is -2.15. The molecule has 9 nitrogen and oxygen atoms in total. The van der Waals surface area contributed by atoms with Crippen LogP contribution in [0, 0.1) is 10.1 Å². The summed E-state index contributed by atoms with van der Waals surface area (Å²) in [5.74, 6) is 0.0899. The number of non-ortho nitro benzene ring substituents is 1. The first-order valence-electron chi connectivity index (χ1n) is 8.72. The van der Waals surface area contributed by atoms with Crippen LogP contribution in [0.25, 0.3) is 0 Å². The second-order valence-corrected chi connectivity index (χ2v) is 5.94. The van der Waals surface area contributed by atoms with Crippen LogP contribution < -0.4 is 14.9 Å². The van der Waals surface area contributed by atoms with E-state index in [9.17, 15) is 14.9 Å². The standard InChI is InChI=1S/C19H20ClN3O6/c1-3-27-17-10-13(9-16(20)19(17)29-12-18(24)28-4-2)11-21-22-14-5-7-15(8-6-14)23(25)26/h5-11,22H,3-4,12H2,1-2H3/b21-11+. The molecule has 10 heteroatoms. The molecule has 0 atom stereocenters. The summed E-state index contributed by atoms with van der Waals surface area (Å²) in [6.07, 6.45) is 1.50. The van der Waals surface area contributed by atoms with Crippen LogP contribution in [-0.2, 0) is 9.53 Å². The average Bonchev–Trinajstić information content (AvgIpc) is 2.68. The zero-order valence-electron chi connectivity index (χ0n) is 15.9. The molecule has 2 rings (SSSR count). The molecule has 0 bridgehead atoms. The summed E-state index contributed by atoms with van der Waals surface area (Å²) in [4.78, 5) is 21.7. The summed E-state index contributed by atoms with van der Waals surface area (Å²) < 4.78 is 15.8. The number of hydrazone groups is 1. The van der Waals surface area contributed by atoms with Gasteiger partial charge in [-0.05, 0) is 43.7 Å². The van der Waals surface area contributed by atoms with Crippen molar-refractivity contribution in [3.8, 4) is 11.5 Å². The van der Waals surface area contributed by atoms with Gasteiger partial charge in [-0.1, -0.05) is 11.6 Å². The summed E-state index contributed by atoms with van der Waals surface area (Å²) in [6, 6.07) is 9.10. The summed E-state index contributed by atoms with van der Waals surface area (Å²) in [6.45, 7) is 3.84. The van der Waals surface area contributed by atoms with E-state index in [1.54, 1.807) is 38.1 Å². The third-order valence-electron chi connectivity index (χ3n) is 3.46. The summed E-state index contributed by atoms with van der Waals surface area (Å²) in [7, 11) is 0. The van der Waals surface area contributed by atoms with Crippen molar-refractivity contribution in [1.82, 2.24) is 0 Å². The van der Waals surface area contributed by atoms with E-state index in [-0.39, 0.29) is 29.7 Å². The number of nitrogens with one attached hydrogen (secondary N) is 1. The molecule has 1 N–H and O–H groups in total. The number of carbonyl (C=O) groups excluding carboxylic acids is 1. The van der Waals surface area contributed by atoms with Gasteiger partial charge in [-0.15, -0.1) is 0 Å². The van der Waals surface area contributed by atoms with Crippen LogP contribution >= 0.6 is 11.6 Å². The SMILES string of the molecule is CCOC(=O)COc1c(Cl)cc(/C=N/Nc2ccc([N+](=O)[O-])cc2)cc1OCC. The highest BCUT2D eigenvalue weighted by molar-refractivity contribution is 6.32. The van der Waals surface area contributed by atoms with Crippen LogP contribution in [-0.4, -0.2) is 36.9 Å².